The van der Waals surface area contributed by atoms with Crippen molar-refractivity contribution < 1.29 is 4.74 Å². The van der Waals surface area contributed by atoms with Gasteiger partial charge in [-0.05, 0) is 43.0 Å². The summed E-state index contributed by atoms with van der Waals surface area (Å²) in [6, 6.07) is 8.39. The standard InChI is InChI=1S/C16H26BrNO/c1-4-18-12-16(19-10-6-7-13(2)3)14-8-5-9-15(17)11-14/h5,8-9,11,13,16,18H,4,6-7,10,12H2,1-3H3. The van der Waals surface area contributed by atoms with Crippen molar-refractivity contribution in [3.05, 3.63) is 34.3 Å². The Morgan fingerprint density at radius 2 is 2.11 bits per heavy atom. The number of likely N-dealkylation sites (N-methyl/N-ethyl adjacent to an activating group) is 1. The van der Waals surface area contributed by atoms with Gasteiger partial charge in [-0.2, -0.15) is 0 Å². The fourth-order valence-electron chi connectivity index (χ4n) is 1.97. The third-order valence-electron chi connectivity index (χ3n) is 3.05. The molecule has 0 spiro atoms. The van der Waals surface area contributed by atoms with E-state index in [0.717, 1.165) is 36.5 Å². The second-order valence-corrected chi connectivity index (χ2v) is 6.17. The van der Waals surface area contributed by atoms with E-state index in [1.807, 2.05) is 6.07 Å². The van der Waals surface area contributed by atoms with Crippen LogP contribution in [0.2, 0.25) is 0 Å². The Morgan fingerprint density at radius 3 is 2.74 bits per heavy atom. The van der Waals surface area contributed by atoms with E-state index in [1.165, 1.54) is 12.0 Å². The minimum Gasteiger partial charge on any atom is -0.372 e. The summed E-state index contributed by atoms with van der Waals surface area (Å²) in [7, 11) is 0. The van der Waals surface area contributed by atoms with Gasteiger partial charge in [0.15, 0.2) is 0 Å². The van der Waals surface area contributed by atoms with Crippen LogP contribution in [0.1, 0.15) is 45.3 Å². The van der Waals surface area contributed by atoms with Crippen molar-refractivity contribution in [2.45, 2.75) is 39.7 Å². The monoisotopic (exact) mass is 327 g/mol. The number of hydrogen-bond acceptors (Lipinski definition) is 2. The molecule has 0 aliphatic rings. The van der Waals surface area contributed by atoms with E-state index < -0.39 is 0 Å². The normalized spacial score (nSPS) is 12.9. The zero-order chi connectivity index (χ0) is 14.1. The smallest absolute Gasteiger partial charge is 0.0949 e. The van der Waals surface area contributed by atoms with E-state index in [0.29, 0.717) is 0 Å². The Balaban J connectivity index is 2.51. The molecule has 0 radical (unpaired) electrons. The van der Waals surface area contributed by atoms with E-state index in [1.54, 1.807) is 0 Å². The van der Waals surface area contributed by atoms with Crippen LogP contribution in [-0.4, -0.2) is 19.7 Å². The summed E-state index contributed by atoms with van der Waals surface area (Å²) in [6.45, 7) is 9.31. The van der Waals surface area contributed by atoms with Crippen molar-refractivity contribution in [1.82, 2.24) is 5.32 Å². The molecule has 0 fully saturated rings. The number of nitrogens with one attached hydrogen (secondary N) is 1. The summed E-state index contributed by atoms with van der Waals surface area (Å²) >= 11 is 3.52. The van der Waals surface area contributed by atoms with E-state index in [4.69, 9.17) is 4.74 Å². The fraction of sp³-hybridized carbons (Fsp3) is 0.625. The lowest BCUT2D eigenvalue weighted by atomic mass is 10.1. The first-order chi connectivity index (χ1) is 9.13. The molecular formula is C16H26BrNO. The van der Waals surface area contributed by atoms with Gasteiger partial charge < -0.3 is 10.1 Å². The zero-order valence-electron chi connectivity index (χ0n) is 12.3. The predicted octanol–water partition coefficient (Wildman–Crippen LogP) is 4.55. The molecule has 0 heterocycles. The number of rotatable bonds is 9. The molecule has 1 unspecified atom stereocenters. The van der Waals surface area contributed by atoms with Gasteiger partial charge in [-0.15, -0.1) is 0 Å². The third kappa shape index (κ3) is 7.09. The van der Waals surface area contributed by atoms with E-state index >= 15 is 0 Å². The van der Waals surface area contributed by atoms with E-state index in [2.05, 4.69) is 60.2 Å². The lowest BCUT2D eigenvalue weighted by Crippen LogP contribution is -2.23. The van der Waals surface area contributed by atoms with Crippen molar-refractivity contribution in [2.24, 2.45) is 5.92 Å². The van der Waals surface area contributed by atoms with Crippen LogP contribution >= 0.6 is 15.9 Å². The van der Waals surface area contributed by atoms with E-state index in [-0.39, 0.29) is 6.10 Å². The molecule has 1 aromatic rings. The Labute approximate surface area is 126 Å². The Bertz CT molecular complexity index is 354. The second-order valence-electron chi connectivity index (χ2n) is 5.26. The van der Waals surface area contributed by atoms with Crippen molar-refractivity contribution in [2.75, 3.05) is 19.7 Å². The van der Waals surface area contributed by atoms with Crippen molar-refractivity contribution >= 4 is 15.9 Å². The van der Waals surface area contributed by atoms with Crippen LogP contribution in [0, 0.1) is 5.92 Å². The van der Waals surface area contributed by atoms with Crippen LogP contribution < -0.4 is 5.32 Å². The molecule has 0 bridgehead atoms. The highest BCUT2D eigenvalue weighted by molar-refractivity contribution is 9.10. The molecule has 3 heteroatoms. The highest BCUT2D eigenvalue weighted by Gasteiger charge is 2.11. The summed E-state index contributed by atoms with van der Waals surface area (Å²) < 4.78 is 7.16. The number of hydrogen-bond donors (Lipinski definition) is 1. The van der Waals surface area contributed by atoms with Gasteiger partial charge in [0.2, 0.25) is 0 Å². The minimum atomic E-state index is 0.143. The molecule has 0 aliphatic heterocycles. The highest BCUT2D eigenvalue weighted by atomic mass is 79.9. The maximum atomic E-state index is 6.05. The van der Waals surface area contributed by atoms with Crippen molar-refractivity contribution in [3.8, 4) is 0 Å². The molecule has 0 amide bonds. The van der Waals surface area contributed by atoms with Crippen molar-refractivity contribution in [3.63, 3.8) is 0 Å². The molecule has 0 saturated carbocycles. The molecule has 19 heavy (non-hydrogen) atoms. The summed E-state index contributed by atoms with van der Waals surface area (Å²) in [5.74, 6) is 0.752. The van der Waals surface area contributed by atoms with Gasteiger partial charge in [0.25, 0.3) is 0 Å². The van der Waals surface area contributed by atoms with Gasteiger partial charge in [0.1, 0.15) is 0 Å². The zero-order valence-corrected chi connectivity index (χ0v) is 13.9. The highest BCUT2D eigenvalue weighted by Crippen LogP contribution is 2.21. The van der Waals surface area contributed by atoms with Gasteiger partial charge in [-0.1, -0.05) is 48.8 Å². The maximum Gasteiger partial charge on any atom is 0.0949 e. The summed E-state index contributed by atoms with van der Waals surface area (Å²) in [5, 5.41) is 3.38. The predicted molar refractivity (Wildman–Crippen MR) is 85.5 cm³/mol. The van der Waals surface area contributed by atoms with Crippen LogP contribution in [0.25, 0.3) is 0 Å². The molecule has 1 rings (SSSR count). The maximum absolute atomic E-state index is 6.05. The number of benzene rings is 1. The minimum absolute atomic E-state index is 0.143. The lowest BCUT2D eigenvalue weighted by Gasteiger charge is -2.19. The molecule has 1 N–H and O–H groups in total. The number of ether oxygens (including phenoxy) is 1. The number of halogens is 1. The van der Waals surface area contributed by atoms with Crippen LogP contribution in [-0.2, 0) is 4.74 Å². The summed E-state index contributed by atoms with van der Waals surface area (Å²) in [4.78, 5) is 0. The third-order valence-corrected chi connectivity index (χ3v) is 3.54. The topological polar surface area (TPSA) is 21.3 Å². The van der Waals surface area contributed by atoms with Gasteiger partial charge in [-0.25, -0.2) is 0 Å². The summed E-state index contributed by atoms with van der Waals surface area (Å²) in [6.07, 6.45) is 2.50. The van der Waals surface area contributed by atoms with Crippen molar-refractivity contribution in [1.29, 1.82) is 0 Å². The van der Waals surface area contributed by atoms with Gasteiger partial charge in [-0.3, -0.25) is 0 Å². The van der Waals surface area contributed by atoms with Crippen LogP contribution in [0.3, 0.4) is 0 Å². The fourth-order valence-corrected chi connectivity index (χ4v) is 2.39. The first-order valence-corrected chi connectivity index (χ1v) is 8.00. The van der Waals surface area contributed by atoms with Gasteiger partial charge in [0, 0.05) is 17.6 Å². The Morgan fingerprint density at radius 1 is 1.32 bits per heavy atom. The summed E-state index contributed by atoms with van der Waals surface area (Å²) in [5.41, 5.74) is 1.24. The molecule has 1 atom stereocenters. The quantitative estimate of drug-likeness (QED) is 0.671. The Kier molecular flexibility index (Phi) is 8.35. The van der Waals surface area contributed by atoms with E-state index in [9.17, 15) is 0 Å². The van der Waals surface area contributed by atoms with Crippen LogP contribution in [0.4, 0.5) is 0 Å². The van der Waals surface area contributed by atoms with Gasteiger partial charge >= 0.3 is 0 Å². The molecule has 0 aromatic heterocycles. The first-order valence-electron chi connectivity index (χ1n) is 7.21. The lowest BCUT2D eigenvalue weighted by molar-refractivity contribution is 0.0490. The molecule has 0 saturated heterocycles. The van der Waals surface area contributed by atoms with Gasteiger partial charge in [0.05, 0.1) is 6.10 Å². The largest absolute Gasteiger partial charge is 0.372 e. The van der Waals surface area contributed by atoms with Crippen LogP contribution in [0.5, 0.6) is 0 Å². The Hall–Kier alpha value is -0.380. The van der Waals surface area contributed by atoms with Crippen LogP contribution in [0.15, 0.2) is 28.7 Å². The molecule has 2 nitrogen and oxygen atoms in total. The molecule has 108 valence electrons. The first kappa shape index (κ1) is 16.7. The average Bonchev–Trinajstić information content (AvgIpc) is 2.37. The molecule has 1 aromatic carbocycles. The second kappa shape index (κ2) is 9.51. The molecular weight excluding hydrogens is 302 g/mol. The average molecular weight is 328 g/mol. The molecule has 0 aliphatic carbocycles. The SMILES string of the molecule is CCNCC(OCCCC(C)C)c1cccc(Br)c1.